The lowest BCUT2D eigenvalue weighted by atomic mass is 10.0. The van der Waals surface area contributed by atoms with Crippen LogP contribution < -0.4 is 10.2 Å². The number of pyridine rings is 1. The quantitative estimate of drug-likeness (QED) is 0.818. The number of hydrogen-bond donors (Lipinski definition) is 1. The van der Waals surface area contributed by atoms with E-state index in [1.165, 1.54) is 11.3 Å². The molecule has 0 aliphatic rings. The minimum atomic E-state index is 0.507. The van der Waals surface area contributed by atoms with E-state index >= 15 is 0 Å². The molecule has 0 radical (unpaired) electrons. The van der Waals surface area contributed by atoms with Crippen LogP contribution in [-0.4, -0.2) is 24.6 Å². The second-order valence-corrected chi connectivity index (χ2v) is 6.12. The molecule has 0 aliphatic heterocycles. The Balaban J connectivity index is 2.77. The number of hydrogen-bond acceptors (Lipinski definition) is 3. The largest absolute Gasteiger partial charge is 0.370 e. The standard InChI is InChI=1S/C16H29N3/c1-12(2)9-18-10-15-7-8-17-11-16(15)19(6)14(5)13(3)4/h7-8,11-14,18H,9-10H2,1-6H3. The van der Waals surface area contributed by atoms with E-state index in [0.29, 0.717) is 17.9 Å². The van der Waals surface area contributed by atoms with E-state index in [1.807, 2.05) is 12.4 Å². The van der Waals surface area contributed by atoms with Gasteiger partial charge in [0.15, 0.2) is 0 Å². The fourth-order valence-electron chi connectivity index (χ4n) is 2.04. The monoisotopic (exact) mass is 263 g/mol. The molecule has 1 N–H and O–H groups in total. The second-order valence-electron chi connectivity index (χ2n) is 6.12. The van der Waals surface area contributed by atoms with Gasteiger partial charge in [0.2, 0.25) is 0 Å². The van der Waals surface area contributed by atoms with Crippen molar-refractivity contribution in [1.82, 2.24) is 10.3 Å². The normalized spacial score (nSPS) is 13.1. The molecule has 19 heavy (non-hydrogen) atoms. The van der Waals surface area contributed by atoms with Crippen molar-refractivity contribution in [2.24, 2.45) is 11.8 Å². The molecule has 3 nitrogen and oxygen atoms in total. The van der Waals surface area contributed by atoms with Crippen molar-refractivity contribution >= 4 is 5.69 Å². The summed E-state index contributed by atoms with van der Waals surface area (Å²) in [5.74, 6) is 1.30. The first-order chi connectivity index (χ1) is 8.93. The highest BCUT2D eigenvalue weighted by Gasteiger charge is 2.16. The van der Waals surface area contributed by atoms with Gasteiger partial charge in [-0.05, 0) is 36.9 Å². The van der Waals surface area contributed by atoms with Gasteiger partial charge in [-0.25, -0.2) is 0 Å². The lowest BCUT2D eigenvalue weighted by Gasteiger charge is -2.31. The number of nitrogens with one attached hydrogen (secondary N) is 1. The Morgan fingerprint density at radius 2 is 1.89 bits per heavy atom. The minimum absolute atomic E-state index is 0.507. The van der Waals surface area contributed by atoms with Crippen LogP contribution in [-0.2, 0) is 6.54 Å². The minimum Gasteiger partial charge on any atom is -0.370 e. The first kappa shape index (κ1) is 16.0. The molecule has 0 spiro atoms. The van der Waals surface area contributed by atoms with Gasteiger partial charge in [0.05, 0.1) is 11.9 Å². The smallest absolute Gasteiger partial charge is 0.0598 e. The van der Waals surface area contributed by atoms with Crippen LogP contribution in [0.2, 0.25) is 0 Å². The third-order valence-corrected chi connectivity index (χ3v) is 3.71. The average Bonchev–Trinajstić information content (AvgIpc) is 2.37. The number of rotatable bonds is 7. The second kappa shape index (κ2) is 7.49. The molecule has 1 unspecified atom stereocenters. The van der Waals surface area contributed by atoms with Crippen molar-refractivity contribution < 1.29 is 0 Å². The van der Waals surface area contributed by atoms with E-state index in [4.69, 9.17) is 0 Å². The highest BCUT2D eigenvalue weighted by Crippen LogP contribution is 2.22. The Morgan fingerprint density at radius 3 is 2.47 bits per heavy atom. The van der Waals surface area contributed by atoms with E-state index < -0.39 is 0 Å². The molecule has 1 aromatic heterocycles. The molecular weight excluding hydrogens is 234 g/mol. The van der Waals surface area contributed by atoms with Crippen molar-refractivity contribution in [3.05, 3.63) is 24.0 Å². The molecule has 0 amide bonds. The summed E-state index contributed by atoms with van der Waals surface area (Å²) in [7, 11) is 2.16. The number of nitrogens with zero attached hydrogens (tertiary/aromatic N) is 2. The van der Waals surface area contributed by atoms with Gasteiger partial charge >= 0.3 is 0 Å². The first-order valence-corrected chi connectivity index (χ1v) is 7.30. The van der Waals surface area contributed by atoms with Gasteiger partial charge in [0, 0.05) is 25.8 Å². The predicted octanol–water partition coefficient (Wildman–Crippen LogP) is 3.31. The van der Waals surface area contributed by atoms with Crippen molar-refractivity contribution in [3.63, 3.8) is 0 Å². The van der Waals surface area contributed by atoms with Crippen LogP contribution in [0.1, 0.15) is 40.2 Å². The molecule has 1 aromatic rings. The molecule has 3 heteroatoms. The van der Waals surface area contributed by atoms with Gasteiger partial charge in [0.1, 0.15) is 0 Å². The summed E-state index contributed by atoms with van der Waals surface area (Å²) < 4.78 is 0. The number of aromatic nitrogens is 1. The summed E-state index contributed by atoms with van der Waals surface area (Å²) in [6.45, 7) is 13.2. The fraction of sp³-hybridized carbons (Fsp3) is 0.688. The highest BCUT2D eigenvalue weighted by molar-refractivity contribution is 5.51. The van der Waals surface area contributed by atoms with Gasteiger partial charge in [-0.2, -0.15) is 0 Å². The summed E-state index contributed by atoms with van der Waals surface area (Å²) in [4.78, 5) is 6.62. The molecule has 0 aliphatic carbocycles. The van der Waals surface area contributed by atoms with Crippen molar-refractivity contribution in [3.8, 4) is 0 Å². The molecule has 1 rings (SSSR count). The van der Waals surface area contributed by atoms with E-state index in [9.17, 15) is 0 Å². The summed E-state index contributed by atoms with van der Waals surface area (Å²) >= 11 is 0. The van der Waals surface area contributed by atoms with Crippen LogP contribution in [0.3, 0.4) is 0 Å². The molecule has 0 saturated carbocycles. The van der Waals surface area contributed by atoms with Crippen LogP contribution in [0, 0.1) is 11.8 Å². The van der Waals surface area contributed by atoms with E-state index in [0.717, 1.165) is 13.1 Å². The van der Waals surface area contributed by atoms with E-state index in [-0.39, 0.29) is 0 Å². The Kier molecular flexibility index (Phi) is 6.29. The van der Waals surface area contributed by atoms with Crippen LogP contribution in [0.15, 0.2) is 18.5 Å². The zero-order valence-corrected chi connectivity index (χ0v) is 13.3. The van der Waals surface area contributed by atoms with Crippen LogP contribution in [0.25, 0.3) is 0 Å². The van der Waals surface area contributed by atoms with Gasteiger partial charge in [0.25, 0.3) is 0 Å². The average molecular weight is 263 g/mol. The zero-order valence-electron chi connectivity index (χ0n) is 13.3. The van der Waals surface area contributed by atoms with Gasteiger partial charge in [-0.1, -0.05) is 27.7 Å². The predicted molar refractivity (Wildman–Crippen MR) is 83.5 cm³/mol. The molecule has 0 saturated heterocycles. The van der Waals surface area contributed by atoms with Gasteiger partial charge in [-0.15, -0.1) is 0 Å². The maximum Gasteiger partial charge on any atom is 0.0598 e. The molecule has 1 heterocycles. The lowest BCUT2D eigenvalue weighted by Crippen LogP contribution is -2.34. The summed E-state index contributed by atoms with van der Waals surface area (Å²) in [5.41, 5.74) is 2.56. The molecule has 1 atom stereocenters. The van der Waals surface area contributed by atoms with Crippen molar-refractivity contribution in [2.45, 2.75) is 47.2 Å². The van der Waals surface area contributed by atoms with Crippen molar-refractivity contribution in [1.29, 1.82) is 0 Å². The fourth-order valence-corrected chi connectivity index (χ4v) is 2.04. The van der Waals surface area contributed by atoms with Crippen LogP contribution in [0.4, 0.5) is 5.69 Å². The third-order valence-electron chi connectivity index (χ3n) is 3.71. The molecule has 108 valence electrons. The van der Waals surface area contributed by atoms with E-state index in [2.05, 4.69) is 62.9 Å². The highest BCUT2D eigenvalue weighted by atomic mass is 15.1. The Hall–Kier alpha value is -1.09. The maximum atomic E-state index is 4.28. The summed E-state index contributed by atoms with van der Waals surface area (Å²) in [5, 5.41) is 3.51. The van der Waals surface area contributed by atoms with Gasteiger partial charge in [-0.3, -0.25) is 4.98 Å². The topological polar surface area (TPSA) is 28.2 Å². The molecule has 0 aromatic carbocycles. The summed E-state index contributed by atoms with van der Waals surface area (Å²) in [6.07, 6.45) is 3.86. The Labute approximate surface area is 118 Å². The van der Waals surface area contributed by atoms with Crippen LogP contribution >= 0.6 is 0 Å². The molecule has 0 fully saturated rings. The third kappa shape index (κ3) is 4.83. The Bertz CT molecular complexity index is 374. The molecule has 0 bridgehead atoms. The zero-order chi connectivity index (χ0) is 14.4. The summed E-state index contributed by atoms with van der Waals surface area (Å²) in [6, 6.07) is 2.62. The van der Waals surface area contributed by atoms with Crippen LogP contribution in [0.5, 0.6) is 0 Å². The SMILES string of the molecule is CC(C)CNCc1ccncc1N(C)C(C)C(C)C. The lowest BCUT2D eigenvalue weighted by molar-refractivity contribution is 0.502. The number of anilines is 1. The maximum absolute atomic E-state index is 4.28. The van der Waals surface area contributed by atoms with Crippen molar-refractivity contribution in [2.75, 3.05) is 18.5 Å². The molecular formula is C16H29N3. The van der Waals surface area contributed by atoms with Gasteiger partial charge < -0.3 is 10.2 Å². The van der Waals surface area contributed by atoms with E-state index in [1.54, 1.807) is 0 Å². The Morgan fingerprint density at radius 1 is 1.21 bits per heavy atom. The first-order valence-electron chi connectivity index (χ1n) is 7.30.